The second-order valence-corrected chi connectivity index (χ2v) is 4.69. The number of hydrogen-bond acceptors (Lipinski definition) is 6. The van der Waals surface area contributed by atoms with E-state index in [2.05, 4.69) is 15.0 Å². The van der Waals surface area contributed by atoms with Crippen molar-refractivity contribution in [3.05, 3.63) is 70.3 Å². The molecule has 0 aliphatic heterocycles. The van der Waals surface area contributed by atoms with Gasteiger partial charge in [0.15, 0.2) is 5.69 Å². The van der Waals surface area contributed by atoms with Crippen molar-refractivity contribution in [1.29, 1.82) is 0 Å². The molecule has 7 nitrogen and oxygen atoms in total. The Hall–Kier alpha value is -3.09. The van der Waals surface area contributed by atoms with Crippen LogP contribution in [0.3, 0.4) is 0 Å². The molecule has 0 N–H and O–H groups in total. The highest BCUT2D eigenvalue weighted by Crippen LogP contribution is 2.04. The van der Waals surface area contributed by atoms with Crippen LogP contribution in [-0.4, -0.2) is 25.3 Å². The maximum Gasteiger partial charge on any atom is 0.358 e. The van der Waals surface area contributed by atoms with E-state index >= 15 is 0 Å². The number of carbonyl (C=O) groups is 1. The molecule has 0 radical (unpaired) electrons. The maximum absolute atomic E-state index is 12.0. The summed E-state index contributed by atoms with van der Waals surface area (Å²) in [5.41, 5.74) is 1.72. The quantitative estimate of drug-likeness (QED) is 0.674. The van der Waals surface area contributed by atoms with Crippen LogP contribution in [0.15, 0.2) is 47.8 Å². The lowest BCUT2D eigenvalue weighted by Crippen LogP contribution is -2.17. The van der Waals surface area contributed by atoms with E-state index in [1.54, 1.807) is 12.3 Å². The van der Waals surface area contributed by atoms with Gasteiger partial charge in [-0.3, -0.25) is 14.2 Å². The number of nitrogens with zero attached hydrogens (tertiary/aromatic N) is 4. The van der Waals surface area contributed by atoms with Crippen molar-refractivity contribution in [2.45, 2.75) is 13.5 Å². The Labute approximate surface area is 125 Å². The van der Waals surface area contributed by atoms with Crippen LogP contribution in [0.2, 0.25) is 0 Å². The molecule has 3 rings (SSSR count). The van der Waals surface area contributed by atoms with E-state index in [0.29, 0.717) is 11.3 Å². The van der Waals surface area contributed by atoms with Gasteiger partial charge in [0, 0.05) is 24.7 Å². The van der Waals surface area contributed by atoms with Crippen LogP contribution in [0.5, 0.6) is 0 Å². The average Bonchev–Trinajstić information content (AvgIpc) is 2.54. The summed E-state index contributed by atoms with van der Waals surface area (Å²) in [7, 11) is 0. The van der Waals surface area contributed by atoms with Crippen molar-refractivity contribution in [2.75, 3.05) is 0 Å². The molecule has 3 aromatic heterocycles. The SMILES string of the molecule is Cc1ccc2nc(COC(=O)c3cnccn3)cc(=O)n2c1. The molecule has 0 aliphatic carbocycles. The lowest BCUT2D eigenvalue weighted by atomic mass is 10.3. The summed E-state index contributed by atoms with van der Waals surface area (Å²) in [4.78, 5) is 35.7. The first kappa shape index (κ1) is 13.9. The van der Waals surface area contributed by atoms with Gasteiger partial charge in [0.2, 0.25) is 0 Å². The van der Waals surface area contributed by atoms with Gasteiger partial charge in [0.05, 0.1) is 11.9 Å². The Morgan fingerprint density at radius 2 is 2.18 bits per heavy atom. The number of hydrogen-bond donors (Lipinski definition) is 0. The van der Waals surface area contributed by atoms with Gasteiger partial charge in [-0.05, 0) is 18.6 Å². The predicted octanol–water partition coefficient (Wildman–Crippen LogP) is 1.15. The van der Waals surface area contributed by atoms with Gasteiger partial charge >= 0.3 is 5.97 Å². The number of carbonyl (C=O) groups excluding carboxylic acids is 1. The molecule has 0 aromatic carbocycles. The first-order valence-electron chi connectivity index (χ1n) is 6.55. The molecular formula is C15H12N4O3. The molecule has 0 saturated carbocycles. The summed E-state index contributed by atoms with van der Waals surface area (Å²) in [5.74, 6) is -0.612. The maximum atomic E-state index is 12.0. The van der Waals surface area contributed by atoms with Gasteiger partial charge in [-0.2, -0.15) is 0 Å². The van der Waals surface area contributed by atoms with Crippen molar-refractivity contribution < 1.29 is 9.53 Å². The number of fused-ring (bicyclic) bond motifs is 1. The molecular weight excluding hydrogens is 284 g/mol. The Balaban J connectivity index is 1.81. The zero-order chi connectivity index (χ0) is 15.5. The average molecular weight is 296 g/mol. The van der Waals surface area contributed by atoms with Crippen LogP contribution in [0, 0.1) is 6.92 Å². The fourth-order valence-electron chi connectivity index (χ4n) is 1.95. The molecule has 22 heavy (non-hydrogen) atoms. The number of ether oxygens (including phenoxy) is 1. The molecule has 7 heteroatoms. The summed E-state index contributed by atoms with van der Waals surface area (Å²) >= 11 is 0. The highest BCUT2D eigenvalue weighted by Gasteiger charge is 2.10. The fraction of sp³-hybridized carbons (Fsp3) is 0.133. The minimum absolute atomic E-state index is 0.102. The highest BCUT2D eigenvalue weighted by molar-refractivity contribution is 5.86. The Kier molecular flexibility index (Phi) is 3.61. The first-order chi connectivity index (χ1) is 10.6. The van der Waals surface area contributed by atoms with Gasteiger partial charge in [-0.15, -0.1) is 0 Å². The molecule has 0 aliphatic rings. The topological polar surface area (TPSA) is 86.4 Å². The molecule has 0 spiro atoms. The highest BCUT2D eigenvalue weighted by atomic mass is 16.5. The van der Waals surface area contributed by atoms with E-state index in [1.165, 1.54) is 29.1 Å². The van der Waals surface area contributed by atoms with Crippen molar-refractivity contribution >= 4 is 11.6 Å². The van der Waals surface area contributed by atoms with E-state index in [1.807, 2.05) is 13.0 Å². The normalized spacial score (nSPS) is 10.6. The fourth-order valence-corrected chi connectivity index (χ4v) is 1.95. The minimum atomic E-state index is -0.612. The molecule has 0 bridgehead atoms. The Bertz CT molecular complexity index is 890. The summed E-state index contributed by atoms with van der Waals surface area (Å²) in [6, 6.07) is 4.94. The molecule has 3 aromatic rings. The standard InChI is InChI=1S/C15H12N4O3/c1-10-2-3-13-18-11(6-14(20)19(13)8-10)9-22-15(21)12-7-16-4-5-17-12/h2-8H,9H2,1H3. The third-order valence-corrected chi connectivity index (χ3v) is 2.98. The predicted molar refractivity (Wildman–Crippen MR) is 77.4 cm³/mol. The van der Waals surface area contributed by atoms with Crippen LogP contribution >= 0.6 is 0 Å². The van der Waals surface area contributed by atoms with Crippen LogP contribution in [0.25, 0.3) is 5.65 Å². The van der Waals surface area contributed by atoms with Gasteiger partial charge < -0.3 is 4.74 Å². The zero-order valence-corrected chi connectivity index (χ0v) is 11.8. The summed E-state index contributed by atoms with van der Waals surface area (Å²) in [6.45, 7) is 1.79. The third-order valence-electron chi connectivity index (χ3n) is 2.98. The Morgan fingerprint density at radius 3 is 2.95 bits per heavy atom. The molecule has 3 heterocycles. The number of aromatic nitrogens is 4. The lowest BCUT2D eigenvalue weighted by molar-refractivity contribution is 0.0460. The monoisotopic (exact) mass is 296 g/mol. The second-order valence-electron chi connectivity index (χ2n) is 4.69. The number of pyridine rings is 1. The van der Waals surface area contributed by atoms with Gasteiger partial charge in [-0.1, -0.05) is 6.07 Å². The number of esters is 1. The van der Waals surface area contributed by atoms with Crippen LogP contribution in [0.4, 0.5) is 0 Å². The molecule has 0 unspecified atom stereocenters. The minimum Gasteiger partial charge on any atom is -0.454 e. The third kappa shape index (κ3) is 2.83. The van der Waals surface area contributed by atoms with Gasteiger partial charge in [-0.25, -0.2) is 14.8 Å². The van der Waals surface area contributed by atoms with E-state index in [0.717, 1.165) is 5.56 Å². The molecule has 0 fully saturated rings. The Morgan fingerprint density at radius 1 is 1.32 bits per heavy atom. The number of rotatable bonds is 3. The van der Waals surface area contributed by atoms with Crippen molar-refractivity contribution in [1.82, 2.24) is 19.4 Å². The van der Waals surface area contributed by atoms with Crippen LogP contribution in [0.1, 0.15) is 21.7 Å². The van der Waals surface area contributed by atoms with Crippen LogP contribution < -0.4 is 5.56 Å². The molecule has 0 saturated heterocycles. The largest absolute Gasteiger partial charge is 0.454 e. The zero-order valence-electron chi connectivity index (χ0n) is 11.8. The van der Waals surface area contributed by atoms with E-state index in [-0.39, 0.29) is 17.9 Å². The second kappa shape index (κ2) is 5.72. The van der Waals surface area contributed by atoms with E-state index < -0.39 is 5.97 Å². The summed E-state index contributed by atoms with van der Waals surface area (Å²) in [6.07, 6.45) is 5.89. The van der Waals surface area contributed by atoms with E-state index in [9.17, 15) is 9.59 Å². The van der Waals surface area contributed by atoms with Crippen molar-refractivity contribution in [3.8, 4) is 0 Å². The van der Waals surface area contributed by atoms with E-state index in [4.69, 9.17) is 4.74 Å². The lowest BCUT2D eigenvalue weighted by Gasteiger charge is -2.06. The van der Waals surface area contributed by atoms with Gasteiger partial charge in [0.25, 0.3) is 5.56 Å². The summed E-state index contributed by atoms with van der Waals surface area (Å²) < 4.78 is 6.54. The summed E-state index contributed by atoms with van der Waals surface area (Å²) in [5, 5.41) is 0. The van der Waals surface area contributed by atoms with Gasteiger partial charge in [0.1, 0.15) is 12.3 Å². The van der Waals surface area contributed by atoms with Crippen molar-refractivity contribution in [3.63, 3.8) is 0 Å². The van der Waals surface area contributed by atoms with Crippen molar-refractivity contribution in [2.24, 2.45) is 0 Å². The molecule has 0 atom stereocenters. The molecule has 0 amide bonds. The first-order valence-corrected chi connectivity index (χ1v) is 6.55. The smallest absolute Gasteiger partial charge is 0.358 e. The number of aryl methyl sites for hydroxylation is 1. The van der Waals surface area contributed by atoms with Crippen LogP contribution in [-0.2, 0) is 11.3 Å². The molecule has 110 valence electrons.